The van der Waals surface area contributed by atoms with Gasteiger partial charge in [-0.25, -0.2) is 5.43 Å². The SMILES string of the molecule is CC1NN[C@H]1N. The highest BCUT2D eigenvalue weighted by Gasteiger charge is 2.19. The van der Waals surface area contributed by atoms with Gasteiger partial charge >= 0.3 is 0 Å². The quantitative estimate of drug-likeness (QED) is 0.346. The van der Waals surface area contributed by atoms with Gasteiger partial charge in [0.15, 0.2) is 0 Å². The second-order valence-corrected chi connectivity index (χ2v) is 1.60. The van der Waals surface area contributed by atoms with Gasteiger partial charge in [-0.2, -0.15) is 0 Å². The molecule has 1 unspecified atom stereocenters. The van der Waals surface area contributed by atoms with Crippen molar-refractivity contribution in [2.24, 2.45) is 5.73 Å². The van der Waals surface area contributed by atoms with Gasteiger partial charge in [0.2, 0.25) is 0 Å². The van der Waals surface area contributed by atoms with Crippen LogP contribution in [0.25, 0.3) is 0 Å². The molecule has 1 aliphatic rings. The zero-order valence-corrected chi connectivity index (χ0v) is 3.73. The van der Waals surface area contributed by atoms with Gasteiger partial charge in [0.05, 0.1) is 6.17 Å². The molecule has 1 aliphatic heterocycles. The molecule has 4 N–H and O–H groups in total. The van der Waals surface area contributed by atoms with Gasteiger partial charge in [-0.05, 0) is 6.92 Å². The molecular weight excluding hydrogens is 78.1 g/mol. The Morgan fingerprint density at radius 1 is 1.50 bits per heavy atom. The molecule has 0 spiro atoms. The molecule has 36 valence electrons. The first-order valence-corrected chi connectivity index (χ1v) is 2.07. The summed E-state index contributed by atoms with van der Waals surface area (Å²) in [4.78, 5) is 0. The fourth-order valence-corrected chi connectivity index (χ4v) is 0.346. The molecule has 1 saturated heterocycles. The molecule has 0 bridgehead atoms. The van der Waals surface area contributed by atoms with Crippen molar-refractivity contribution >= 4 is 0 Å². The maximum Gasteiger partial charge on any atom is 0.0845 e. The molecule has 6 heavy (non-hydrogen) atoms. The molecule has 2 atom stereocenters. The molecule has 1 heterocycles. The summed E-state index contributed by atoms with van der Waals surface area (Å²) in [7, 11) is 0. The van der Waals surface area contributed by atoms with Gasteiger partial charge in [-0.15, -0.1) is 0 Å². The molecule has 0 aliphatic carbocycles. The topological polar surface area (TPSA) is 50.1 Å². The van der Waals surface area contributed by atoms with Crippen LogP contribution >= 0.6 is 0 Å². The minimum atomic E-state index is 0.171. The summed E-state index contributed by atoms with van der Waals surface area (Å²) in [5.74, 6) is 0. The van der Waals surface area contributed by atoms with Crippen molar-refractivity contribution in [2.75, 3.05) is 0 Å². The lowest BCUT2D eigenvalue weighted by molar-refractivity contribution is 0.220. The molecular formula is C3H9N3. The summed E-state index contributed by atoms with van der Waals surface area (Å²) in [6.45, 7) is 2.03. The second kappa shape index (κ2) is 1.18. The highest BCUT2D eigenvalue weighted by molar-refractivity contribution is 4.78. The van der Waals surface area contributed by atoms with E-state index in [9.17, 15) is 0 Å². The third kappa shape index (κ3) is 0.408. The van der Waals surface area contributed by atoms with Crippen LogP contribution in [-0.4, -0.2) is 12.2 Å². The summed E-state index contributed by atoms with van der Waals surface area (Å²) in [5.41, 5.74) is 11.0. The maximum atomic E-state index is 5.35. The van der Waals surface area contributed by atoms with Crippen LogP contribution in [0.5, 0.6) is 0 Å². The van der Waals surface area contributed by atoms with Crippen LogP contribution in [0, 0.1) is 0 Å². The van der Waals surface area contributed by atoms with E-state index in [0.717, 1.165) is 0 Å². The van der Waals surface area contributed by atoms with E-state index in [1.54, 1.807) is 0 Å². The predicted octanol–water partition coefficient (Wildman–Crippen LogP) is -1.23. The highest BCUT2D eigenvalue weighted by Crippen LogP contribution is 1.89. The van der Waals surface area contributed by atoms with E-state index in [-0.39, 0.29) is 6.17 Å². The zero-order valence-electron chi connectivity index (χ0n) is 3.73. The van der Waals surface area contributed by atoms with Crippen molar-refractivity contribution in [3.8, 4) is 0 Å². The first-order valence-electron chi connectivity index (χ1n) is 2.07. The summed E-state index contributed by atoms with van der Waals surface area (Å²) in [6.07, 6.45) is 0.171. The third-order valence-electron chi connectivity index (χ3n) is 1.02. The van der Waals surface area contributed by atoms with Crippen molar-refractivity contribution in [1.82, 2.24) is 10.9 Å². The van der Waals surface area contributed by atoms with E-state index in [2.05, 4.69) is 10.9 Å². The fourth-order valence-electron chi connectivity index (χ4n) is 0.346. The first-order chi connectivity index (χ1) is 2.80. The van der Waals surface area contributed by atoms with Crippen LogP contribution in [-0.2, 0) is 0 Å². The Morgan fingerprint density at radius 3 is 2.00 bits per heavy atom. The summed E-state index contributed by atoms with van der Waals surface area (Å²) >= 11 is 0. The first kappa shape index (κ1) is 4.05. The highest BCUT2D eigenvalue weighted by atomic mass is 15.5. The number of nitrogens with one attached hydrogen (secondary N) is 2. The molecule has 1 rings (SSSR count). The lowest BCUT2D eigenvalue weighted by atomic mass is 10.2. The van der Waals surface area contributed by atoms with Crippen molar-refractivity contribution in [1.29, 1.82) is 0 Å². The lowest BCUT2D eigenvalue weighted by Gasteiger charge is -2.32. The second-order valence-electron chi connectivity index (χ2n) is 1.60. The maximum absolute atomic E-state index is 5.35. The van der Waals surface area contributed by atoms with Crippen LogP contribution in [0.2, 0.25) is 0 Å². The molecule has 1 fully saturated rings. The standard InChI is InChI=1S/C3H9N3/c1-2-3(4)6-5-2/h2-3,5-6H,4H2,1H3/t2?,3-/m1/s1. The average Bonchev–Trinajstić information content (AvgIpc) is 1.61. The Balaban J connectivity index is 2.20. The number of rotatable bonds is 0. The van der Waals surface area contributed by atoms with Gasteiger partial charge in [-0.3, -0.25) is 5.43 Å². The monoisotopic (exact) mass is 87.1 g/mol. The van der Waals surface area contributed by atoms with Crippen LogP contribution in [0.1, 0.15) is 6.92 Å². The molecule has 0 radical (unpaired) electrons. The van der Waals surface area contributed by atoms with E-state index >= 15 is 0 Å². The average molecular weight is 87.1 g/mol. The molecule has 0 amide bonds. The number of hydrazine groups is 1. The Hall–Kier alpha value is -0.120. The minimum absolute atomic E-state index is 0.171. The van der Waals surface area contributed by atoms with E-state index in [1.807, 2.05) is 6.92 Å². The van der Waals surface area contributed by atoms with E-state index < -0.39 is 0 Å². The lowest BCUT2D eigenvalue weighted by Crippen LogP contribution is -2.70. The zero-order chi connectivity index (χ0) is 4.57. The Bertz CT molecular complexity index is 46.0. The Kier molecular flexibility index (Phi) is 0.799. The molecule has 3 heteroatoms. The van der Waals surface area contributed by atoms with Gasteiger partial charge in [0, 0.05) is 6.04 Å². The summed E-state index contributed by atoms with van der Waals surface area (Å²) in [5, 5.41) is 0. The van der Waals surface area contributed by atoms with E-state index in [1.165, 1.54) is 0 Å². The third-order valence-corrected chi connectivity index (χ3v) is 1.02. The number of hydrogen-bond acceptors (Lipinski definition) is 3. The van der Waals surface area contributed by atoms with Crippen molar-refractivity contribution < 1.29 is 0 Å². The largest absolute Gasteiger partial charge is 0.314 e. The van der Waals surface area contributed by atoms with Crippen LogP contribution in [0.4, 0.5) is 0 Å². The van der Waals surface area contributed by atoms with E-state index in [4.69, 9.17) is 5.73 Å². The van der Waals surface area contributed by atoms with Gasteiger partial charge in [0.1, 0.15) is 0 Å². The van der Waals surface area contributed by atoms with Gasteiger partial charge < -0.3 is 5.73 Å². The molecule has 0 saturated carbocycles. The van der Waals surface area contributed by atoms with Crippen molar-refractivity contribution in [3.05, 3.63) is 0 Å². The predicted molar refractivity (Wildman–Crippen MR) is 23.7 cm³/mol. The molecule has 0 aromatic heterocycles. The van der Waals surface area contributed by atoms with Crippen molar-refractivity contribution in [2.45, 2.75) is 19.1 Å². The van der Waals surface area contributed by atoms with Crippen LogP contribution < -0.4 is 16.6 Å². The summed E-state index contributed by atoms with van der Waals surface area (Å²) < 4.78 is 0. The van der Waals surface area contributed by atoms with E-state index in [0.29, 0.717) is 6.04 Å². The molecule has 0 aromatic rings. The normalized spacial score (nSPS) is 45.0. The smallest absolute Gasteiger partial charge is 0.0845 e. The minimum Gasteiger partial charge on any atom is -0.314 e. The van der Waals surface area contributed by atoms with Crippen LogP contribution in [0.3, 0.4) is 0 Å². The molecule has 3 nitrogen and oxygen atoms in total. The number of nitrogens with two attached hydrogens (primary N) is 1. The molecule has 0 aromatic carbocycles. The number of hydrogen-bond donors (Lipinski definition) is 3. The Morgan fingerprint density at radius 2 is 2.00 bits per heavy atom. The fraction of sp³-hybridized carbons (Fsp3) is 1.00. The Labute approximate surface area is 36.9 Å². The van der Waals surface area contributed by atoms with Crippen LogP contribution in [0.15, 0.2) is 0 Å². The van der Waals surface area contributed by atoms with Gasteiger partial charge in [0.25, 0.3) is 0 Å². The summed E-state index contributed by atoms with van der Waals surface area (Å²) in [6, 6.07) is 0.449. The van der Waals surface area contributed by atoms with Gasteiger partial charge in [-0.1, -0.05) is 0 Å². The van der Waals surface area contributed by atoms with Crippen molar-refractivity contribution in [3.63, 3.8) is 0 Å².